The van der Waals surface area contributed by atoms with Gasteiger partial charge in [-0.15, -0.1) is 10.2 Å². The second-order valence-electron chi connectivity index (χ2n) is 4.18. The molecule has 0 aliphatic rings. The fraction of sp³-hybridized carbons (Fsp3) is 0.308. The molecule has 2 aromatic rings. The van der Waals surface area contributed by atoms with Gasteiger partial charge < -0.3 is 5.32 Å². The Morgan fingerprint density at radius 1 is 1.26 bits per heavy atom. The number of nitrogens with one attached hydrogen (secondary N) is 1. The molecule has 23 heavy (non-hydrogen) atoms. The number of benzene rings is 1. The lowest BCUT2D eigenvalue weighted by molar-refractivity contribution is -0.137. The number of rotatable bonds is 6. The SMILES string of the molecule is CCSc1nnc(SCC(=O)Nc2cccc(C(F)(F)F)c2)s1. The van der Waals surface area contributed by atoms with Crippen LogP contribution in [0.4, 0.5) is 18.9 Å². The Morgan fingerprint density at radius 2 is 1.96 bits per heavy atom. The van der Waals surface area contributed by atoms with Crippen molar-refractivity contribution in [2.45, 2.75) is 21.8 Å². The topological polar surface area (TPSA) is 54.9 Å². The van der Waals surface area contributed by atoms with Crippen LogP contribution in [0.1, 0.15) is 12.5 Å². The summed E-state index contributed by atoms with van der Waals surface area (Å²) in [5.74, 6) is 0.547. The highest BCUT2D eigenvalue weighted by molar-refractivity contribution is 8.03. The molecule has 0 atom stereocenters. The second kappa shape index (κ2) is 8.02. The summed E-state index contributed by atoms with van der Waals surface area (Å²) < 4.78 is 39.3. The molecule has 0 bridgehead atoms. The Kier molecular flexibility index (Phi) is 6.31. The van der Waals surface area contributed by atoms with E-state index in [1.807, 2.05) is 6.92 Å². The zero-order chi connectivity index (χ0) is 16.9. The normalized spacial score (nSPS) is 11.5. The molecule has 1 heterocycles. The van der Waals surface area contributed by atoms with E-state index in [1.165, 1.54) is 35.2 Å². The van der Waals surface area contributed by atoms with Crippen LogP contribution in [-0.2, 0) is 11.0 Å². The Bertz CT molecular complexity index is 676. The summed E-state index contributed by atoms with van der Waals surface area (Å²) in [6, 6.07) is 4.53. The number of hydrogen-bond acceptors (Lipinski definition) is 6. The number of carbonyl (C=O) groups is 1. The van der Waals surface area contributed by atoms with Crippen LogP contribution < -0.4 is 5.32 Å². The minimum Gasteiger partial charge on any atom is -0.325 e. The number of thioether (sulfide) groups is 2. The average Bonchev–Trinajstić information content (AvgIpc) is 2.93. The zero-order valence-electron chi connectivity index (χ0n) is 11.9. The summed E-state index contributed by atoms with van der Waals surface area (Å²) in [7, 11) is 0. The quantitative estimate of drug-likeness (QED) is 0.754. The van der Waals surface area contributed by atoms with E-state index >= 15 is 0 Å². The summed E-state index contributed by atoms with van der Waals surface area (Å²) in [5, 5.41) is 10.4. The lowest BCUT2D eigenvalue weighted by atomic mass is 10.2. The maximum Gasteiger partial charge on any atom is 0.416 e. The van der Waals surface area contributed by atoms with Gasteiger partial charge >= 0.3 is 6.18 Å². The van der Waals surface area contributed by atoms with E-state index in [2.05, 4.69) is 15.5 Å². The Balaban J connectivity index is 1.89. The summed E-state index contributed by atoms with van der Waals surface area (Å²) in [6.07, 6.45) is -4.44. The van der Waals surface area contributed by atoms with Gasteiger partial charge in [0.2, 0.25) is 5.91 Å². The minimum atomic E-state index is -4.44. The summed E-state index contributed by atoms with van der Waals surface area (Å²) in [5.41, 5.74) is -0.682. The molecule has 10 heteroatoms. The fourth-order valence-corrected chi connectivity index (χ4v) is 4.25. The predicted octanol–water partition coefficient (Wildman–Crippen LogP) is 4.40. The lowest BCUT2D eigenvalue weighted by Crippen LogP contribution is -2.15. The van der Waals surface area contributed by atoms with Crippen molar-refractivity contribution in [2.75, 3.05) is 16.8 Å². The lowest BCUT2D eigenvalue weighted by Gasteiger charge is -2.09. The van der Waals surface area contributed by atoms with E-state index < -0.39 is 17.6 Å². The van der Waals surface area contributed by atoms with Crippen molar-refractivity contribution < 1.29 is 18.0 Å². The molecule has 1 amide bonds. The van der Waals surface area contributed by atoms with E-state index in [9.17, 15) is 18.0 Å². The highest BCUT2D eigenvalue weighted by Gasteiger charge is 2.30. The van der Waals surface area contributed by atoms with Crippen molar-refractivity contribution in [2.24, 2.45) is 0 Å². The molecule has 4 nitrogen and oxygen atoms in total. The highest BCUT2D eigenvalue weighted by atomic mass is 32.2. The van der Waals surface area contributed by atoms with Crippen molar-refractivity contribution in [3.05, 3.63) is 29.8 Å². The number of alkyl halides is 3. The van der Waals surface area contributed by atoms with Crippen LogP contribution >= 0.6 is 34.9 Å². The van der Waals surface area contributed by atoms with Gasteiger partial charge in [-0.1, -0.05) is 47.9 Å². The Labute approximate surface area is 143 Å². The number of nitrogens with zero attached hydrogens (tertiary/aromatic N) is 2. The van der Waals surface area contributed by atoms with E-state index in [0.29, 0.717) is 4.34 Å². The molecule has 1 N–H and O–H groups in total. The van der Waals surface area contributed by atoms with Crippen molar-refractivity contribution >= 4 is 46.5 Å². The number of amides is 1. The van der Waals surface area contributed by atoms with Crippen molar-refractivity contribution in [3.8, 4) is 0 Å². The molecule has 2 rings (SSSR count). The number of anilines is 1. The third-order valence-corrected chi connectivity index (χ3v) is 5.53. The number of hydrogen-bond donors (Lipinski definition) is 1. The second-order valence-corrected chi connectivity index (χ2v) is 7.89. The maximum atomic E-state index is 12.6. The van der Waals surface area contributed by atoms with Crippen molar-refractivity contribution in [3.63, 3.8) is 0 Å². The van der Waals surface area contributed by atoms with Gasteiger partial charge in [-0.05, 0) is 24.0 Å². The van der Waals surface area contributed by atoms with Crippen LogP contribution in [0, 0.1) is 0 Å². The van der Waals surface area contributed by atoms with Crippen LogP contribution in [-0.4, -0.2) is 27.6 Å². The largest absolute Gasteiger partial charge is 0.416 e. The zero-order valence-corrected chi connectivity index (χ0v) is 14.3. The van der Waals surface area contributed by atoms with Gasteiger partial charge in [-0.25, -0.2) is 0 Å². The monoisotopic (exact) mass is 379 g/mol. The molecule has 0 aliphatic carbocycles. The molecular weight excluding hydrogens is 367 g/mol. The predicted molar refractivity (Wildman–Crippen MR) is 87.1 cm³/mol. The van der Waals surface area contributed by atoms with Gasteiger partial charge in [0, 0.05) is 5.69 Å². The van der Waals surface area contributed by atoms with Crippen molar-refractivity contribution in [1.29, 1.82) is 0 Å². The third kappa shape index (κ3) is 5.70. The summed E-state index contributed by atoms with van der Waals surface area (Å²) >= 11 is 4.15. The molecule has 1 aromatic carbocycles. The van der Waals surface area contributed by atoms with Gasteiger partial charge in [0.05, 0.1) is 11.3 Å². The Hall–Kier alpha value is -1.26. The van der Waals surface area contributed by atoms with Crippen LogP contribution in [0.15, 0.2) is 32.9 Å². The summed E-state index contributed by atoms with van der Waals surface area (Å²) in [6.45, 7) is 2.00. The molecule has 0 aliphatic heterocycles. The van der Waals surface area contributed by atoms with E-state index in [4.69, 9.17) is 0 Å². The standard InChI is InChI=1S/C13H12F3N3OS3/c1-2-21-11-18-19-12(23-11)22-7-10(20)17-9-5-3-4-8(6-9)13(14,15)16/h3-6H,2,7H2,1H3,(H,17,20). The average molecular weight is 379 g/mol. The maximum absolute atomic E-state index is 12.6. The first-order valence-electron chi connectivity index (χ1n) is 6.44. The first kappa shape index (κ1) is 18.1. The molecule has 0 saturated heterocycles. The van der Waals surface area contributed by atoms with Crippen LogP contribution in [0.2, 0.25) is 0 Å². The van der Waals surface area contributed by atoms with E-state index in [0.717, 1.165) is 22.2 Å². The van der Waals surface area contributed by atoms with Gasteiger partial charge in [0.15, 0.2) is 8.68 Å². The number of halogens is 3. The van der Waals surface area contributed by atoms with Gasteiger partial charge in [0.1, 0.15) is 0 Å². The van der Waals surface area contributed by atoms with Gasteiger partial charge in [0.25, 0.3) is 0 Å². The van der Waals surface area contributed by atoms with Crippen LogP contribution in [0.5, 0.6) is 0 Å². The first-order valence-corrected chi connectivity index (χ1v) is 9.23. The van der Waals surface area contributed by atoms with Crippen molar-refractivity contribution in [1.82, 2.24) is 10.2 Å². The molecule has 124 valence electrons. The fourth-order valence-electron chi connectivity index (χ4n) is 1.53. The first-order chi connectivity index (χ1) is 10.9. The Morgan fingerprint density at radius 3 is 2.61 bits per heavy atom. The third-order valence-electron chi connectivity index (χ3n) is 2.46. The molecular formula is C13H12F3N3OS3. The van der Waals surface area contributed by atoms with E-state index in [-0.39, 0.29) is 11.4 Å². The molecule has 0 saturated carbocycles. The molecule has 0 spiro atoms. The van der Waals surface area contributed by atoms with Gasteiger partial charge in [-0.3, -0.25) is 4.79 Å². The minimum absolute atomic E-state index is 0.0572. The number of aromatic nitrogens is 2. The van der Waals surface area contributed by atoms with Crippen LogP contribution in [0.3, 0.4) is 0 Å². The van der Waals surface area contributed by atoms with Crippen LogP contribution in [0.25, 0.3) is 0 Å². The molecule has 0 unspecified atom stereocenters. The van der Waals surface area contributed by atoms with Gasteiger partial charge in [-0.2, -0.15) is 13.2 Å². The molecule has 0 fully saturated rings. The smallest absolute Gasteiger partial charge is 0.325 e. The van der Waals surface area contributed by atoms with E-state index in [1.54, 1.807) is 11.8 Å². The highest BCUT2D eigenvalue weighted by Crippen LogP contribution is 2.31. The summed E-state index contributed by atoms with van der Waals surface area (Å²) in [4.78, 5) is 11.8. The molecule has 1 aromatic heterocycles. The molecule has 0 radical (unpaired) electrons. The number of carbonyl (C=O) groups excluding carboxylic acids is 1.